The van der Waals surface area contributed by atoms with Crippen LogP contribution < -0.4 is 15.4 Å². The average Bonchev–Trinajstić information content (AvgIpc) is 3.36. The number of benzene rings is 2. The van der Waals surface area contributed by atoms with Crippen LogP contribution >= 0.6 is 0 Å². The molecule has 2 heterocycles. The minimum absolute atomic E-state index is 0.0232. The number of para-hydroxylation sites is 1. The van der Waals surface area contributed by atoms with Crippen LogP contribution in [0.15, 0.2) is 54.6 Å². The Morgan fingerprint density at radius 2 is 1.88 bits per heavy atom. The fourth-order valence-corrected chi connectivity index (χ4v) is 4.30. The van der Waals surface area contributed by atoms with Gasteiger partial charge in [-0.05, 0) is 42.7 Å². The summed E-state index contributed by atoms with van der Waals surface area (Å²) in [6.45, 7) is 4.42. The molecule has 0 radical (unpaired) electrons. The van der Waals surface area contributed by atoms with E-state index in [4.69, 9.17) is 9.47 Å². The predicted molar refractivity (Wildman–Crippen MR) is 119 cm³/mol. The standard InChI is InChI=1S/C25H28N2O5/c1-15(2)11-20(23(29)19-13-26-22-21(28)14-31-24(19)22)27-25(30)16-7-6-10-18(12-16)32-17-8-4-3-5-9-17/h3-10,12,15,19-20,22,24,26H,11,13-14H2,1-2H3,(H,27,30). The highest BCUT2D eigenvalue weighted by Crippen LogP contribution is 2.27. The number of ketones is 2. The zero-order valence-electron chi connectivity index (χ0n) is 18.2. The minimum Gasteiger partial charge on any atom is -0.457 e. The van der Waals surface area contributed by atoms with Crippen molar-refractivity contribution in [2.45, 2.75) is 38.5 Å². The van der Waals surface area contributed by atoms with Crippen molar-refractivity contribution < 1.29 is 23.9 Å². The number of Topliss-reactive ketones (excluding diaryl/α,β-unsaturated/α-hetero) is 2. The van der Waals surface area contributed by atoms with Crippen LogP contribution in [0.4, 0.5) is 0 Å². The van der Waals surface area contributed by atoms with E-state index in [2.05, 4.69) is 10.6 Å². The van der Waals surface area contributed by atoms with Gasteiger partial charge in [-0.2, -0.15) is 0 Å². The number of hydrogen-bond donors (Lipinski definition) is 2. The van der Waals surface area contributed by atoms with Crippen molar-refractivity contribution in [2.75, 3.05) is 13.2 Å². The predicted octanol–water partition coefficient (Wildman–Crippen LogP) is 2.75. The molecule has 0 aromatic heterocycles. The number of nitrogens with one attached hydrogen (secondary N) is 2. The molecule has 0 bridgehead atoms. The van der Waals surface area contributed by atoms with E-state index in [0.717, 1.165) is 0 Å². The Balaban J connectivity index is 1.47. The third-order valence-electron chi connectivity index (χ3n) is 5.84. The first-order valence-corrected chi connectivity index (χ1v) is 11.0. The van der Waals surface area contributed by atoms with E-state index in [9.17, 15) is 14.4 Å². The number of fused-ring (bicyclic) bond motifs is 1. The van der Waals surface area contributed by atoms with Crippen molar-refractivity contribution in [3.05, 3.63) is 60.2 Å². The van der Waals surface area contributed by atoms with Gasteiger partial charge >= 0.3 is 0 Å². The molecular weight excluding hydrogens is 408 g/mol. The van der Waals surface area contributed by atoms with Gasteiger partial charge in [-0.1, -0.05) is 38.1 Å². The van der Waals surface area contributed by atoms with Gasteiger partial charge < -0.3 is 20.1 Å². The Hall–Kier alpha value is -3.03. The number of amides is 1. The summed E-state index contributed by atoms with van der Waals surface area (Å²) in [6.07, 6.45) is 0.0521. The molecule has 7 heteroatoms. The Labute approximate surface area is 187 Å². The fraction of sp³-hybridized carbons (Fsp3) is 0.400. The molecule has 2 saturated heterocycles. The summed E-state index contributed by atoms with van der Waals surface area (Å²) >= 11 is 0. The van der Waals surface area contributed by atoms with Crippen molar-refractivity contribution in [1.29, 1.82) is 0 Å². The summed E-state index contributed by atoms with van der Waals surface area (Å²) in [6, 6.07) is 15.1. The first-order valence-electron chi connectivity index (χ1n) is 11.0. The molecule has 2 aromatic carbocycles. The smallest absolute Gasteiger partial charge is 0.251 e. The minimum atomic E-state index is -0.661. The van der Waals surface area contributed by atoms with Gasteiger partial charge in [0, 0.05) is 12.1 Å². The van der Waals surface area contributed by atoms with E-state index in [-0.39, 0.29) is 30.0 Å². The van der Waals surface area contributed by atoms with E-state index in [1.54, 1.807) is 24.3 Å². The highest BCUT2D eigenvalue weighted by atomic mass is 16.5. The number of rotatable bonds is 8. The quantitative estimate of drug-likeness (QED) is 0.661. The van der Waals surface area contributed by atoms with Gasteiger partial charge in [-0.25, -0.2) is 0 Å². The van der Waals surface area contributed by atoms with Crippen LogP contribution in [-0.2, 0) is 14.3 Å². The second kappa shape index (κ2) is 9.63. The summed E-state index contributed by atoms with van der Waals surface area (Å²) in [5.41, 5.74) is 0.412. The van der Waals surface area contributed by atoms with Gasteiger partial charge in [-0.15, -0.1) is 0 Å². The topological polar surface area (TPSA) is 93.7 Å². The SMILES string of the molecule is CC(C)CC(NC(=O)c1cccc(Oc2ccccc2)c1)C(=O)C1CNC2C(=O)COC12. The molecule has 4 atom stereocenters. The first kappa shape index (κ1) is 22.2. The molecule has 2 aliphatic rings. The van der Waals surface area contributed by atoms with Gasteiger partial charge in [0.05, 0.1) is 24.1 Å². The molecule has 168 valence electrons. The van der Waals surface area contributed by atoms with Crippen molar-refractivity contribution in [2.24, 2.45) is 11.8 Å². The van der Waals surface area contributed by atoms with Crippen LogP contribution in [0, 0.1) is 11.8 Å². The molecule has 0 saturated carbocycles. The monoisotopic (exact) mass is 436 g/mol. The lowest BCUT2D eigenvalue weighted by Crippen LogP contribution is -2.47. The second-order valence-corrected chi connectivity index (χ2v) is 8.74. The van der Waals surface area contributed by atoms with Crippen LogP contribution in [0.2, 0.25) is 0 Å². The van der Waals surface area contributed by atoms with E-state index in [1.165, 1.54) is 0 Å². The second-order valence-electron chi connectivity index (χ2n) is 8.74. The zero-order valence-corrected chi connectivity index (χ0v) is 18.2. The van der Waals surface area contributed by atoms with E-state index in [1.807, 2.05) is 44.2 Å². The number of ether oxygens (including phenoxy) is 2. The van der Waals surface area contributed by atoms with Gasteiger partial charge in [-0.3, -0.25) is 14.4 Å². The van der Waals surface area contributed by atoms with Crippen LogP contribution in [0.5, 0.6) is 11.5 Å². The lowest BCUT2D eigenvalue weighted by Gasteiger charge is -2.24. The van der Waals surface area contributed by atoms with Crippen molar-refractivity contribution in [3.63, 3.8) is 0 Å². The number of carbonyl (C=O) groups excluding carboxylic acids is 3. The molecular formula is C25H28N2O5. The molecule has 2 fully saturated rings. The summed E-state index contributed by atoms with van der Waals surface area (Å²) in [7, 11) is 0. The maximum absolute atomic E-state index is 13.3. The average molecular weight is 437 g/mol. The Kier molecular flexibility index (Phi) is 6.67. The summed E-state index contributed by atoms with van der Waals surface area (Å²) in [5, 5.41) is 6.01. The molecule has 32 heavy (non-hydrogen) atoms. The lowest BCUT2D eigenvalue weighted by molar-refractivity contribution is -0.128. The lowest BCUT2D eigenvalue weighted by atomic mass is 9.88. The molecule has 2 aromatic rings. The van der Waals surface area contributed by atoms with Crippen molar-refractivity contribution in [1.82, 2.24) is 10.6 Å². The maximum atomic E-state index is 13.3. The number of carbonyl (C=O) groups is 3. The van der Waals surface area contributed by atoms with Crippen molar-refractivity contribution >= 4 is 17.5 Å². The molecule has 0 aliphatic carbocycles. The highest BCUT2D eigenvalue weighted by Gasteiger charge is 2.49. The summed E-state index contributed by atoms with van der Waals surface area (Å²) in [4.78, 5) is 38.3. The zero-order chi connectivity index (χ0) is 22.7. The van der Waals surface area contributed by atoms with Crippen LogP contribution in [0.3, 0.4) is 0 Å². The van der Waals surface area contributed by atoms with E-state index < -0.39 is 24.1 Å². The van der Waals surface area contributed by atoms with Gasteiger partial charge in [0.25, 0.3) is 5.91 Å². The van der Waals surface area contributed by atoms with E-state index in [0.29, 0.717) is 30.0 Å². The van der Waals surface area contributed by atoms with Crippen LogP contribution in [-0.4, -0.2) is 48.8 Å². The van der Waals surface area contributed by atoms with Gasteiger partial charge in [0.2, 0.25) is 0 Å². The Morgan fingerprint density at radius 3 is 2.62 bits per heavy atom. The fourth-order valence-electron chi connectivity index (χ4n) is 4.30. The molecule has 0 spiro atoms. The highest BCUT2D eigenvalue weighted by molar-refractivity contribution is 5.99. The van der Waals surface area contributed by atoms with Crippen LogP contribution in [0.1, 0.15) is 30.6 Å². The molecule has 4 unspecified atom stereocenters. The van der Waals surface area contributed by atoms with Gasteiger partial charge in [0.1, 0.15) is 18.1 Å². The molecule has 2 N–H and O–H groups in total. The Bertz CT molecular complexity index is 991. The third-order valence-corrected chi connectivity index (χ3v) is 5.84. The molecule has 1 amide bonds. The summed E-state index contributed by atoms with van der Waals surface area (Å²) in [5.74, 6) is 0.497. The van der Waals surface area contributed by atoms with Crippen LogP contribution in [0.25, 0.3) is 0 Å². The largest absolute Gasteiger partial charge is 0.457 e. The number of hydrogen-bond acceptors (Lipinski definition) is 6. The normalized spacial score (nSPS) is 23.1. The summed E-state index contributed by atoms with van der Waals surface area (Å²) < 4.78 is 11.4. The van der Waals surface area contributed by atoms with Crippen molar-refractivity contribution in [3.8, 4) is 11.5 Å². The van der Waals surface area contributed by atoms with Gasteiger partial charge in [0.15, 0.2) is 11.6 Å². The molecule has 7 nitrogen and oxygen atoms in total. The molecule has 2 aliphatic heterocycles. The third kappa shape index (κ3) is 4.89. The Morgan fingerprint density at radius 1 is 1.12 bits per heavy atom. The maximum Gasteiger partial charge on any atom is 0.251 e. The van der Waals surface area contributed by atoms with E-state index >= 15 is 0 Å². The first-order chi connectivity index (χ1) is 15.4. The molecule has 4 rings (SSSR count).